The molecule has 0 bridgehead atoms. The highest BCUT2D eigenvalue weighted by molar-refractivity contribution is 5.94. The van der Waals surface area contributed by atoms with Crippen LogP contribution >= 0.6 is 0 Å². The van der Waals surface area contributed by atoms with Crippen molar-refractivity contribution in [3.05, 3.63) is 72.3 Å². The molecule has 0 heterocycles. The summed E-state index contributed by atoms with van der Waals surface area (Å²) >= 11 is 0. The number of rotatable bonds is 5. The summed E-state index contributed by atoms with van der Waals surface area (Å²) in [7, 11) is 0. The number of fused-ring (bicyclic) bond motifs is 1. The Morgan fingerprint density at radius 2 is 1.80 bits per heavy atom. The molecular weight excluding hydrogens is 312 g/mol. The standard InChI is InChI=1S/C21H18N2O2/c1-15(21(24)23-19-9-6-16(7-10-19)12-13-22)25-20-11-8-17-4-2-3-5-18(17)14-20/h2-11,14-15H,12H2,1H3,(H,23,24). The molecule has 0 radical (unpaired) electrons. The van der Waals surface area contributed by atoms with E-state index in [-0.39, 0.29) is 5.91 Å². The van der Waals surface area contributed by atoms with Crippen LogP contribution in [-0.2, 0) is 11.2 Å². The first-order valence-electron chi connectivity index (χ1n) is 8.08. The van der Waals surface area contributed by atoms with Gasteiger partial charge in [0.25, 0.3) is 5.91 Å². The molecule has 3 aromatic carbocycles. The molecule has 1 unspecified atom stereocenters. The van der Waals surface area contributed by atoms with Crippen molar-refractivity contribution in [1.29, 1.82) is 5.26 Å². The normalized spacial score (nSPS) is 11.5. The smallest absolute Gasteiger partial charge is 0.265 e. The van der Waals surface area contributed by atoms with Gasteiger partial charge in [0.05, 0.1) is 12.5 Å². The highest BCUT2D eigenvalue weighted by atomic mass is 16.5. The van der Waals surface area contributed by atoms with Crippen LogP contribution in [0.5, 0.6) is 5.75 Å². The fourth-order valence-corrected chi connectivity index (χ4v) is 2.54. The van der Waals surface area contributed by atoms with Gasteiger partial charge >= 0.3 is 0 Å². The second kappa shape index (κ2) is 7.50. The Morgan fingerprint density at radius 3 is 2.52 bits per heavy atom. The molecule has 0 aromatic heterocycles. The van der Waals surface area contributed by atoms with Crippen molar-refractivity contribution in [3.8, 4) is 11.8 Å². The van der Waals surface area contributed by atoms with Gasteiger partial charge in [0, 0.05) is 5.69 Å². The van der Waals surface area contributed by atoms with E-state index in [9.17, 15) is 4.79 Å². The lowest BCUT2D eigenvalue weighted by Crippen LogP contribution is -2.30. The van der Waals surface area contributed by atoms with E-state index in [2.05, 4.69) is 11.4 Å². The molecule has 0 aliphatic carbocycles. The van der Waals surface area contributed by atoms with Gasteiger partial charge in [-0.2, -0.15) is 5.26 Å². The van der Waals surface area contributed by atoms with E-state index >= 15 is 0 Å². The van der Waals surface area contributed by atoms with Crippen molar-refractivity contribution in [2.75, 3.05) is 5.32 Å². The molecule has 4 nitrogen and oxygen atoms in total. The van der Waals surface area contributed by atoms with E-state index < -0.39 is 6.10 Å². The van der Waals surface area contributed by atoms with Crippen molar-refractivity contribution in [2.45, 2.75) is 19.4 Å². The van der Waals surface area contributed by atoms with Crippen LogP contribution in [0.2, 0.25) is 0 Å². The molecule has 0 saturated carbocycles. The fraction of sp³-hybridized carbons (Fsp3) is 0.143. The Bertz CT molecular complexity index is 927. The minimum Gasteiger partial charge on any atom is -0.481 e. The van der Waals surface area contributed by atoms with Crippen LogP contribution in [0.25, 0.3) is 10.8 Å². The number of nitriles is 1. The quantitative estimate of drug-likeness (QED) is 0.758. The number of amides is 1. The molecule has 0 fully saturated rings. The summed E-state index contributed by atoms with van der Waals surface area (Å²) < 4.78 is 5.76. The van der Waals surface area contributed by atoms with Gasteiger partial charge in [0.15, 0.2) is 6.10 Å². The zero-order valence-corrected chi connectivity index (χ0v) is 13.9. The largest absolute Gasteiger partial charge is 0.481 e. The molecule has 0 saturated heterocycles. The zero-order valence-electron chi connectivity index (χ0n) is 13.9. The maximum Gasteiger partial charge on any atom is 0.265 e. The Hall–Kier alpha value is -3.32. The molecule has 0 aliphatic rings. The fourth-order valence-electron chi connectivity index (χ4n) is 2.54. The number of hydrogen-bond donors (Lipinski definition) is 1. The summed E-state index contributed by atoms with van der Waals surface area (Å²) in [4.78, 5) is 12.3. The van der Waals surface area contributed by atoms with Gasteiger partial charge in [-0.3, -0.25) is 4.79 Å². The number of benzene rings is 3. The summed E-state index contributed by atoms with van der Waals surface area (Å²) in [6.45, 7) is 1.72. The van der Waals surface area contributed by atoms with Crippen LogP contribution in [0.15, 0.2) is 66.7 Å². The van der Waals surface area contributed by atoms with E-state index in [1.54, 1.807) is 19.1 Å². The van der Waals surface area contributed by atoms with E-state index in [1.165, 1.54) is 0 Å². The van der Waals surface area contributed by atoms with Crippen molar-refractivity contribution in [2.24, 2.45) is 0 Å². The molecular formula is C21H18N2O2. The van der Waals surface area contributed by atoms with Crippen molar-refractivity contribution >= 4 is 22.4 Å². The van der Waals surface area contributed by atoms with Crippen LogP contribution in [0.3, 0.4) is 0 Å². The Labute approximate surface area is 146 Å². The number of carbonyl (C=O) groups excluding carboxylic acids is 1. The van der Waals surface area contributed by atoms with E-state index in [1.807, 2.05) is 54.6 Å². The zero-order chi connectivity index (χ0) is 17.6. The summed E-state index contributed by atoms with van der Waals surface area (Å²) in [5.74, 6) is 0.437. The Balaban J connectivity index is 1.64. The second-order valence-electron chi connectivity index (χ2n) is 5.79. The van der Waals surface area contributed by atoms with Gasteiger partial charge in [0.2, 0.25) is 0 Å². The first-order valence-corrected chi connectivity index (χ1v) is 8.08. The van der Waals surface area contributed by atoms with Gasteiger partial charge in [-0.05, 0) is 47.5 Å². The molecule has 3 aromatic rings. The average Bonchev–Trinajstić information content (AvgIpc) is 2.63. The Morgan fingerprint density at radius 1 is 1.08 bits per heavy atom. The number of hydrogen-bond acceptors (Lipinski definition) is 3. The average molecular weight is 330 g/mol. The molecule has 0 aliphatic heterocycles. The van der Waals surface area contributed by atoms with Crippen LogP contribution in [0, 0.1) is 11.3 Å². The number of nitrogens with one attached hydrogen (secondary N) is 1. The SMILES string of the molecule is CC(Oc1ccc2ccccc2c1)C(=O)Nc1ccc(CC#N)cc1. The third-order valence-corrected chi connectivity index (χ3v) is 3.91. The van der Waals surface area contributed by atoms with Crippen molar-refractivity contribution in [1.82, 2.24) is 0 Å². The summed E-state index contributed by atoms with van der Waals surface area (Å²) in [6, 6.07) is 23.1. The lowest BCUT2D eigenvalue weighted by Gasteiger charge is -2.15. The first-order chi connectivity index (χ1) is 12.2. The van der Waals surface area contributed by atoms with Crippen molar-refractivity contribution in [3.63, 3.8) is 0 Å². The topological polar surface area (TPSA) is 62.1 Å². The van der Waals surface area contributed by atoms with Gasteiger partial charge in [-0.1, -0.05) is 42.5 Å². The maximum atomic E-state index is 12.3. The molecule has 1 N–H and O–H groups in total. The van der Waals surface area contributed by atoms with E-state index in [0.717, 1.165) is 16.3 Å². The highest BCUT2D eigenvalue weighted by Crippen LogP contribution is 2.21. The predicted octanol–water partition coefficient (Wildman–Crippen LogP) is 4.31. The monoisotopic (exact) mass is 330 g/mol. The summed E-state index contributed by atoms with van der Waals surface area (Å²) in [5, 5.41) is 13.7. The Kier molecular flexibility index (Phi) is 4.96. The third kappa shape index (κ3) is 4.15. The molecule has 3 rings (SSSR count). The third-order valence-electron chi connectivity index (χ3n) is 3.91. The molecule has 0 spiro atoms. The number of carbonyl (C=O) groups is 1. The summed E-state index contributed by atoms with van der Waals surface area (Å²) in [5.41, 5.74) is 1.60. The van der Waals surface area contributed by atoms with E-state index in [4.69, 9.17) is 10.00 Å². The summed E-state index contributed by atoms with van der Waals surface area (Å²) in [6.07, 6.45) is -0.268. The lowest BCUT2D eigenvalue weighted by molar-refractivity contribution is -0.122. The van der Waals surface area contributed by atoms with Crippen LogP contribution in [0.1, 0.15) is 12.5 Å². The molecule has 4 heteroatoms. The number of anilines is 1. The van der Waals surface area contributed by atoms with Gasteiger partial charge in [-0.25, -0.2) is 0 Å². The van der Waals surface area contributed by atoms with Gasteiger partial charge < -0.3 is 10.1 Å². The molecule has 25 heavy (non-hydrogen) atoms. The van der Waals surface area contributed by atoms with Crippen LogP contribution < -0.4 is 10.1 Å². The minimum atomic E-state index is -0.625. The van der Waals surface area contributed by atoms with Gasteiger partial charge in [-0.15, -0.1) is 0 Å². The van der Waals surface area contributed by atoms with Crippen molar-refractivity contribution < 1.29 is 9.53 Å². The predicted molar refractivity (Wildman–Crippen MR) is 98.4 cm³/mol. The minimum absolute atomic E-state index is 0.221. The molecule has 124 valence electrons. The van der Waals surface area contributed by atoms with E-state index in [0.29, 0.717) is 17.9 Å². The van der Waals surface area contributed by atoms with Gasteiger partial charge in [0.1, 0.15) is 5.75 Å². The number of ether oxygens (including phenoxy) is 1. The molecule has 1 atom stereocenters. The van der Waals surface area contributed by atoms with Crippen LogP contribution in [-0.4, -0.2) is 12.0 Å². The highest BCUT2D eigenvalue weighted by Gasteiger charge is 2.15. The lowest BCUT2D eigenvalue weighted by atomic mass is 10.1. The van der Waals surface area contributed by atoms with Crippen LogP contribution in [0.4, 0.5) is 5.69 Å². The maximum absolute atomic E-state index is 12.3. The molecule has 1 amide bonds. The number of nitrogens with zero attached hydrogens (tertiary/aromatic N) is 1. The second-order valence-corrected chi connectivity index (χ2v) is 5.79. The first kappa shape index (κ1) is 16.5.